The first-order valence-electron chi connectivity index (χ1n) is 6.24. The zero-order chi connectivity index (χ0) is 14.4. The summed E-state index contributed by atoms with van der Waals surface area (Å²) in [7, 11) is 1.40. The van der Waals surface area contributed by atoms with Crippen molar-refractivity contribution in [3.8, 4) is 11.5 Å². The van der Waals surface area contributed by atoms with Crippen molar-refractivity contribution in [2.75, 3.05) is 12.9 Å². The number of carbonyl (C=O) groups is 1. The second-order valence-electron chi connectivity index (χ2n) is 4.31. The molecule has 0 aliphatic carbocycles. The van der Waals surface area contributed by atoms with Gasteiger partial charge in [-0.3, -0.25) is 4.79 Å². The molecule has 2 rings (SSSR count). The molecule has 0 N–H and O–H groups in total. The Kier molecular flexibility index (Phi) is 5.17. The van der Waals surface area contributed by atoms with E-state index in [1.807, 2.05) is 37.3 Å². The van der Waals surface area contributed by atoms with E-state index >= 15 is 0 Å². The second-order valence-corrected chi connectivity index (χ2v) is 5.34. The molecule has 0 saturated carbocycles. The van der Waals surface area contributed by atoms with Crippen LogP contribution in [-0.4, -0.2) is 29.0 Å². The van der Waals surface area contributed by atoms with Gasteiger partial charge in [0.15, 0.2) is 0 Å². The smallest absolute Gasteiger partial charge is 0.309 e. The average Bonchev–Trinajstić information content (AvgIpc) is 2.96. The molecule has 2 aromatic rings. The van der Waals surface area contributed by atoms with Gasteiger partial charge in [0.2, 0.25) is 11.8 Å². The van der Waals surface area contributed by atoms with E-state index in [4.69, 9.17) is 4.42 Å². The van der Waals surface area contributed by atoms with Gasteiger partial charge in [-0.25, -0.2) is 0 Å². The van der Waals surface area contributed by atoms with Gasteiger partial charge in [0.25, 0.3) is 0 Å². The number of thioether (sulfide) groups is 1. The number of rotatable bonds is 6. The van der Waals surface area contributed by atoms with Gasteiger partial charge in [-0.2, -0.15) is 11.8 Å². The maximum Gasteiger partial charge on any atom is 0.309 e. The number of benzene rings is 1. The lowest BCUT2D eigenvalue weighted by Gasteiger charge is -2.06. The molecule has 20 heavy (non-hydrogen) atoms. The molecule has 0 saturated heterocycles. The summed E-state index contributed by atoms with van der Waals surface area (Å²) in [5.41, 5.74) is 0.902. The van der Waals surface area contributed by atoms with Crippen LogP contribution in [0.5, 0.6) is 0 Å². The molecular formula is C14H16N2O3S. The molecular weight excluding hydrogens is 276 g/mol. The zero-order valence-electron chi connectivity index (χ0n) is 11.4. The van der Waals surface area contributed by atoms with Crippen molar-refractivity contribution in [1.29, 1.82) is 0 Å². The van der Waals surface area contributed by atoms with Crippen molar-refractivity contribution in [1.82, 2.24) is 10.2 Å². The Morgan fingerprint density at radius 1 is 1.35 bits per heavy atom. The van der Waals surface area contributed by atoms with Crippen LogP contribution in [0.3, 0.4) is 0 Å². The fourth-order valence-corrected chi connectivity index (χ4v) is 2.50. The predicted molar refractivity (Wildman–Crippen MR) is 77.1 cm³/mol. The van der Waals surface area contributed by atoms with Gasteiger partial charge < -0.3 is 9.15 Å². The van der Waals surface area contributed by atoms with Crippen LogP contribution in [0, 0.1) is 5.92 Å². The van der Waals surface area contributed by atoms with E-state index < -0.39 is 0 Å². The van der Waals surface area contributed by atoms with E-state index in [1.54, 1.807) is 11.8 Å². The molecule has 0 amide bonds. The first-order valence-corrected chi connectivity index (χ1v) is 7.39. The molecule has 0 radical (unpaired) electrons. The minimum Gasteiger partial charge on any atom is -0.469 e. The number of nitrogens with zero attached hydrogens (tertiary/aromatic N) is 2. The van der Waals surface area contributed by atoms with Crippen molar-refractivity contribution in [2.45, 2.75) is 12.7 Å². The van der Waals surface area contributed by atoms with Crippen LogP contribution in [0.2, 0.25) is 0 Å². The summed E-state index contributed by atoms with van der Waals surface area (Å²) in [6, 6.07) is 9.62. The van der Waals surface area contributed by atoms with Crippen LogP contribution < -0.4 is 0 Å². The molecule has 1 atom stereocenters. The molecule has 5 nitrogen and oxygen atoms in total. The molecule has 1 heterocycles. The van der Waals surface area contributed by atoms with Gasteiger partial charge >= 0.3 is 5.97 Å². The van der Waals surface area contributed by atoms with Crippen molar-refractivity contribution < 1.29 is 13.9 Å². The van der Waals surface area contributed by atoms with Crippen LogP contribution in [0.1, 0.15) is 12.8 Å². The summed E-state index contributed by atoms with van der Waals surface area (Å²) in [5, 5.41) is 8.01. The summed E-state index contributed by atoms with van der Waals surface area (Å²) in [6.45, 7) is 1.84. The highest BCUT2D eigenvalue weighted by Crippen LogP contribution is 2.20. The third-order valence-corrected chi connectivity index (χ3v) is 3.87. The molecule has 0 spiro atoms. The topological polar surface area (TPSA) is 65.2 Å². The maximum absolute atomic E-state index is 11.3. The molecule has 0 aliphatic rings. The van der Waals surface area contributed by atoms with Crippen molar-refractivity contribution in [2.24, 2.45) is 5.92 Å². The van der Waals surface area contributed by atoms with Crippen LogP contribution in [-0.2, 0) is 15.3 Å². The Labute approximate surface area is 121 Å². The lowest BCUT2D eigenvalue weighted by molar-refractivity contribution is -0.143. The predicted octanol–water partition coefficient (Wildman–Crippen LogP) is 2.78. The minimum atomic E-state index is -0.201. The Morgan fingerprint density at radius 2 is 2.10 bits per heavy atom. The van der Waals surface area contributed by atoms with Gasteiger partial charge in [-0.05, 0) is 12.1 Å². The first kappa shape index (κ1) is 14.6. The van der Waals surface area contributed by atoms with Crippen LogP contribution in [0.4, 0.5) is 0 Å². The van der Waals surface area contributed by atoms with Gasteiger partial charge in [-0.15, -0.1) is 10.2 Å². The summed E-state index contributed by atoms with van der Waals surface area (Å²) in [6.07, 6.45) is 0. The van der Waals surface area contributed by atoms with E-state index in [1.165, 1.54) is 7.11 Å². The second kappa shape index (κ2) is 7.09. The zero-order valence-corrected chi connectivity index (χ0v) is 12.2. The Bertz CT molecular complexity index is 557. The standard InChI is InChI=1S/C14H16N2O3S/c1-10(14(17)18-2)8-20-9-12-15-16-13(19-12)11-6-4-3-5-7-11/h3-7,10H,8-9H2,1-2H3. The van der Waals surface area contributed by atoms with Crippen LogP contribution in [0.15, 0.2) is 34.7 Å². The van der Waals surface area contributed by atoms with Gasteiger partial charge in [0, 0.05) is 11.3 Å². The van der Waals surface area contributed by atoms with E-state index in [9.17, 15) is 4.79 Å². The Morgan fingerprint density at radius 3 is 2.80 bits per heavy atom. The highest BCUT2D eigenvalue weighted by molar-refractivity contribution is 7.98. The molecule has 6 heteroatoms. The van der Waals surface area contributed by atoms with E-state index in [0.29, 0.717) is 23.3 Å². The number of methoxy groups -OCH3 is 1. The van der Waals surface area contributed by atoms with Crippen molar-refractivity contribution in [3.63, 3.8) is 0 Å². The summed E-state index contributed by atoms with van der Waals surface area (Å²) >= 11 is 1.57. The number of ether oxygens (including phenoxy) is 1. The third-order valence-electron chi connectivity index (χ3n) is 2.68. The molecule has 106 valence electrons. The van der Waals surface area contributed by atoms with E-state index in [0.717, 1.165) is 5.56 Å². The van der Waals surface area contributed by atoms with Crippen molar-refractivity contribution in [3.05, 3.63) is 36.2 Å². The summed E-state index contributed by atoms with van der Waals surface area (Å²) < 4.78 is 10.3. The molecule has 1 aromatic heterocycles. The molecule has 0 aliphatic heterocycles. The number of hydrogen-bond donors (Lipinski definition) is 0. The maximum atomic E-state index is 11.3. The quantitative estimate of drug-likeness (QED) is 0.763. The van der Waals surface area contributed by atoms with E-state index in [-0.39, 0.29) is 11.9 Å². The van der Waals surface area contributed by atoms with Gasteiger partial charge in [0.1, 0.15) is 0 Å². The van der Waals surface area contributed by atoms with Gasteiger partial charge in [0.05, 0.1) is 18.8 Å². The fraction of sp³-hybridized carbons (Fsp3) is 0.357. The highest BCUT2D eigenvalue weighted by atomic mass is 32.2. The van der Waals surface area contributed by atoms with Crippen molar-refractivity contribution >= 4 is 17.7 Å². The van der Waals surface area contributed by atoms with Crippen LogP contribution >= 0.6 is 11.8 Å². The number of carbonyl (C=O) groups excluding carboxylic acids is 1. The Balaban J connectivity index is 1.86. The molecule has 0 bridgehead atoms. The lowest BCUT2D eigenvalue weighted by Crippen LogP contribution is -2.14. The average molecular weight is 292 g/mol. The minimum absolute atomic E-state index is 0.137. The fourth-order valence-electron chi connectivity index (χ4n) is 1.60. The largest absolute Gasteiger partial charge is 0.469 e. The third kappa shape index (κ3) is 3.84. The Hall–Kier alpha value is -1.82. The number of aromatic nitrogens is 2. The van der Waals surface area contributed by atoms with E-state index in [2.05, 4.69) is 14.9 Å². The first-order chi connectivity index (χ1) is 9.70. The normalized spacial score (nSPS) is 12.1. The molecule has 1 aromatic carbocycles. The molecule has 1 unspecified atom stereocenters. The summed E-state index contributed by atoms with van der Waals surface area (Å²) in [5.74, 6) is 1.99. The van der Waals surface area contributed by atoms with Gasteiger partial charge in [-0.1, -0.05) is 25.1 Å². The monoisotopic (exact) mass is 292 g/mol. The summed E-state index contributed by atoms with van der Waals surface area (Å²) in [4.78, 5) is 11.3. The number of esters is 1. The SMILES string of the molecule is COC(=O)C(C)CSCc1nnc(-c2ccccc2)o1. The molecule has 0 fully saturated rings. The highest BCUT2D eigenvalue weighted by Gasteiger charge is 2.14. The number of hydrogen-bond acceptors (Lipinski definition) is 6. The van der Waals surface area contributed by atoms with Crippen LogP contribution in [0.25, 0.3) is 11.5 Å². The lowest BCUT2D eigenvalue weighted by atomic mass is 10.2.